The Morgan fingerprint density at radius 1 is 0.544 bits per heavy atom. The number of nitrogens with zero attached hydrogens (tertiary/aromatic N) is 2. The fourth-order valence-corrected chi connectivity index (χ4v) is 7.66. The van der Waals surface area contributed by atoms with Crippen molar-refractivity contribution in [2.75, 3.05) is 0 Å². The Kier molecular flexibility index (Phi) is 10.7. The monoisotopic (exact) mass is 926 g/mol. The minimum absolute atomic E-state index is 0. The van der Waals surface area contributed by atoms with Crippen molar-refractivity contribution < 1.29 is 30.6 Å². The maximum atomic E-state index is 11.9. The van der Waals surface area contributed by atoms with Crippen molar-refractivity contribution in [3.63, 3.8) is 0 Å². The number of para-hydroxylation sites is 1. The summed E-state index contributed by atoms with van der Waals surface area (Å²) in [5, 5.41) is 11.9. The van der Waals surface area contributed by atoms with Crippen molar-refractivity contribution in [1.29, 1.82) is 0 Å². The summed E-state index contributed by atoms with van der Waals surface area (Å²) in [6, 6.07) is 54.0. The molecule has 8 rings (SSSR count). The molecule has 0 bridgehead atoms. The van der Waals surface area contributed by atoms with Crippen LogP contribution in [0.15, 0.2) is 156 Å². The van der Waals surface area contributed by atoms with E-state index in [-0.39, 0.29) is 43.1 Å². The van der Waals surface area contributed by atoms with Gasteiger partial charge in [0.25, 0.3) is 0 Å². The van der Waals surface area contributed by atoms with Gasteiger partial charge in [0.2, 0.25) is 5.89 Å². The van der Waals surface area contributed by atoms with Crippen LogP contribution in [0.3, 0.4) is 0 Å². The van der Waals surface area contributed by atoms with E-state index in [9.17, 15) is 5.11 Å². The second-order valence-corrected chi connectivity index (χ2v) is 16.8. The number of aromatic hydroxyl groups is 1. The van der Waals surface area contributed by atoms with Crippen molar-refractivity contribution in [2.24, 2.45) is 0 Å². The summed E-state index contributed by atoms with van der Waals surface area (Å²) in [5.74, 6) is 0.558. The molecule has 0 spiro atoms. The van der Waals surface area contributed by atoms with Gasteiger partial charge in [-0.25, -0.2) is 4.98 Å². The molecule has 5 heteroatoms. The molecule has 0 aliphatic carbocycles. The van der Waals surface area contributed by atoms with Crippen LogP contribution in [0, 0.1) is 6.07 Å². The number of pyridine rings is 1. The van der Waals surface area contributed by atoms with Crippen LogP contribution in [0.25, 0.3) is 56.1 Å². The van der Waals surface area contributed by atoms with Crippen LogP contribution in [0.1, 0.15) is 76.3 Å². The zero-order chi connectivity index (χ0) is 39.2. The van der Waals surface area contributed by atoms with E-state index < -0.39 is 0 Å². The van der Waals surface area contributed by atoms with Gasteiger partial charge in [-0.1, -0.05) is 175 Å². The van der Waals surface area contributed by atoms with Gasteiger partial charge in [-0.15, -0.1) is 29.3 Å². The van der Waals surface area contributed by atoms with Gasteiger partial charge < -0.3 is 9.52 Å². The predicted molar refractivity (Wildman–Crippen MR) is 230 cm³/mol. The molecule has 2 aromatic heterocycles. The van der Waals surface area contributed by atoms with Gasteiger partial charge in [0, 0.05) is 49.3 Å². The molecule has 0 fully saturated rings. The van der Waals surface area contributed by atoms with Crippen LogP contribution >= 0.6 is 0 Å². The smallest absolute Gasteiger partial charge is 0.230 e. The predicted octanol–water partition coefficient (Wildman–Crippen LogP) is 13.3. The number of rotatable bonds is 8. The molecule has 0 saturated carbocycles. The molecule has 0 radical (unpaired) electrons. The van der Waals surface area contributed by atoms with E-state index in [1.165, 1.54) is 11.1 Å². The molecule has 0 saturated heterocycles. The largest absolute Gasteiger partial charge is 0.507 e. The average molecular weight is 927 g/mol. The number of hydrogen-bond donors (Lipinski definition) is 1. The summed E-state index contributed by atoms with van der Waals surface area (Å²) >= 11 is 0. The van der Waals surface area contributed by atoms with Crippen LogP contribution in [-0.2, 0) is 37.3 Å². The topological polar surface area (TPSA) is 59.2 Å². The van der Waals surface area contributed by atoms with Crippen LogP contribution < -0.4 is 0 Å². The molecule has 1 N–H and O–H groups in total. The van der Waals surface area contributed by atoms with Gasteiger partial charge in [-0.05, 0) is 51.4 Å². The van der Waals surface area contributed by atoms with E-state index in [0.717, 1.165) is 50.2 Å². The number of phenols is 1. The maximum absolute atomic E-state index is 11.9. The Morgan fingerprint density at radius 2 is 1.12 bits per heavy atom. The molecule has 0 aliphatic rings. The second kappa shape index (κ2) is 15.4. The van der Waals surface area contributed by atoms with Crippen molar-refractivity contribution >= 4 is 11.1 Å². The number of phenolic OH excluding ortho intramolecular Hbond substituents is 1. The Bertz CT molecular complexity index is 2670. The molecule has 288 valence electrons. The van der Waals surface area contributed by atoms with Gasteiger partial charge in [0.15, 0.2) is 0 Å². The van der Waals surface area contributed by atoms with Crippen molar-refractivity contribution in [2.45, 2.75) is 64.7 Å². The third-order valence-electron chi connectivity index (χ3n) is 11.3. The molecular formula is C52H47N2O2Pt-. The van der Waals surface area contributed by atoms with Crippen molar-refractivity contribution in [3.05, 3.63) is 186 Å². The number of fused-ring (bicyclic) bond motifs is 1. The second-order valence-electron chi connectivity index (χ2n) is 16.8. The van der Waals surface area contributed by atoms with Crippen LogP contribution in [0.5, 0.6) is 5.75 Å². The summed E-state index contributed by atoms with van der Waals surface area (Å²) in [5.41, 5.74) is 12.1. The zero-order valence-electron chi connectivity index (χ0n) is 33.5. The third kappa shape index (κ3) is 7.64. The number of benzene rings is 6. The van der Waals surface area contributed by atoms with E-state index in [0.29, 0.717) is 22.6 Å². The van der Waals surface area contributed by atoms with E-state index in [2.05, 4.69) is 164 Å². The van der Waals surface area contributed by atoms with Crippen molar-refractivity contribution in [3.8, 4) is 50.7 Å². The molecule has 6 aromatic carbocycles. The molecular weight excluding hydrogens is 880 g/mol. The molecule has 4 nitrogen and oxygen atoms in total. The summed E-state index contributed by atoms with van der Waals surface area (Å²) in [6.45, 7) is 15.3. The van der Waals surface area contributed by atoms with E-state index >= 15 is 0 Å². The SMILES string of the molecule is CC(C)(C)c1cc(C(C)(C)c2ccccc2)cc(-c2nc3c(-c4[c-]c(-c5cc(-c6ccccc6)ccn5)cc(C(C)(C)c5ccccc5)c4)cccc3o2)c1O.[Pt]. The first-order valence-electron chi connectivity index (χ1n) is 19.3. The van der Waals surface area contributed by atoms with Crippen LogP contribution in [0.2, 0.25) is 0 Å². The summed E-state index contributed by atoms with van der Waals surface area (Å²) in [6.07, 6.45) is 1.87. The van der Waals surface area contributed by atoms with Crippen LogP contribution in [-0.4, -0.2) is 15.1 Å². The van der Waals surface area contributed by atoms with Crippen molar-refractivity contribution in [1.82, 2.24) is 9.97 Å². The quantitative estimate of drug-likeness (QED) is 0.154. The Labute approximate surface area is 351 Å². The molecule has 8 aromatic rings. The average Bonchev–Trinajstić information content (AvgIpc) is 3.66. The molecule has 0 aliphatic heterocycles. The minimum Gasteiger partial charge on any atom is -0.507 e. The molecule has 2 heterocycles. The standard InChI is InChI=1S/C52H47N2O2.Pt/c1-50(2,3)44-33-41(52(6,7)39-22-15-10-16-23-39)32-43(48(44)55)49-54-47-42(24-17-25-46(47)56-49)36-28-37(30-40(29-36)51(4,5)38-20-13-9-14-21-38)45-31-35(26-27-53-45)34-18-11-8-12-19-34;/h8-27,29-33,55H,1-7H3;/q-1;. The molecule has 0 unspecified atom stereocenters. The Morgan fingerprint density at radius 3 is 1.74 bits per heavy atom. The fourth-order valence-electron chi connectivity index (χ4n) is 7.66. The van der Waals surface area contributed by atoms with Gasteiger partial charge in [0.1, 0.15) is 11.3 Å². The summed E-state index contributed by atoms with van der Waals surface area (Å²) < 4.78 is 6.59. The van der Waals surface area contributed by atoms with E-state index in [4.69, 9.17) is 14.4 Å². The molecule has 0 atom stereocenters. The first-order valence-corrected chi connectivity index (χ1v) is 19.3. The number of aromatic nitrogens is 2. The van der Waals surface area contributed by atoms with E-state index in [1.807, 2.05) is 42.6 Å². The first kappa shape index (κ1) is 39.7. The molecule has 0 amide bonds. The van der Waals surface area contributed by atoms with Gasteiger partial charge >= 0.3 is 0 Å². The zero-order valence-corrected chi connectivity index (χ0v) is 35.8. The summed E-state index contributed by atoms with van der Waals surface area (Å²) in [7, 11) is 0. The third-order valence-corrected chi connectivity index (χ3v) is 11.3. The number of hydrogen-bond acceptors (Lipinski definition) is 4. The summed E-state index contributed by atoms with van der Waals surface area (Å²) in [4.78, 5) is 10.0. The number of oxazole rings is 1. The normalized spacial score (nSPS) is 12.1. The Hall–Kier alpha value is -5.57. The first-order chi connectivity index (χ1) is 26.8. The van der Waals surface area contributed by atoms with Gasteiger partial charge in [-0.3, -0.25) is 4.98 Å². The van der Waals surface area contributed by atoms with Crippen LogP contribution in [0.4, 0.5) is 0 Å². The van der Waals surface area contributed by atoms with Gasteiger partial charge in [0.05, 0.1) is 11.1 Å². The van der Waals surface area contributed by atoms with E-state index in [1.54, 1.807) is 0 Å². The maximum Gasteiger partial charge on any atom is 0.230 e. The fraction of sp³-hybridized carbons (Fsp3) is 0.192. The Balaban J connectivity index is 0.00000496. The van der Waals surface area contributed by atoms with Gasteiger partial charge in [-0.2, -0.15) is 0 Å². The minimum atomic E-state index is -0.343. The molecule has 57 heavy (non-hydrogen) atoms.